The van der Waals surface area contributed by atoms with Gasteiger partial charge in [0, 0.05) is 15.8 Å². The van der Waals surface area contributed by atoms with E-state index >= 15 is 0 Å². The molecular weight excluding hydrogens is 340 g/mol. The molecule has 8 heteroatoms. The predicted molar refractivity (Wildman–Crippen MR) is 99.5 cm³/mol. The molecule has 7 nitrogen and oxygen atoms in total. The van der Waals surface area contributed by atoms with Crippen LogP contribution in [0.4, 0.5) is 11.4 Å². The van der Waals surface area contributed by atoms with Crippen LogP contribution in [-0.4, -0.2) is 14.9 Å². The minimum absolute atomic E-state index is 0.0952. The summed E-state index contributed by atoms with van der Waals surface area (Å²) in [6.07, 6.45) is 2.26. The van der Waals surface area contributed by atoms with Gasteiger partial charge in [-0.05, 0) is 38.0 Å². The van der Waals surface area contributed by atoms with Crippen molar-refractivity contribution in [3.8, 4) is 0 Å². The van der Waals surface area contributed by atoms with E-state index in [-0.39, 0.29) is 17.1 Å². The number of nitro groups is 1. The van der Waals surface area contributed by atoms with Crippen molar-refractivity contribution in [2.45, 2.75) is 33.2 Å². The second kappa shape index (κ2) is 6.64. The van der Waals surface area contributed by atoms with Gasteiger partial charge in [-0.15, -0.1) is 11.3 Å². The Morgan fingerprint density at radius 2 is 2.16 bits per heavy atom. The summed E-state index contributed by atoms with van der Waals surface area (Å²) < 4.78 is 0. The van der Waals surface area contributed by atoms with Crippen LogP contribution in [0.25, 0.3) is 10.9 Å². The van der Waals surface area contributed by atoms with E-state index in [2.05, 4.69) is 35.2 Å². The van der Waals surface area contributed by atoms with E-state index in [1.807, 2.05) is 6.92 Å². The molecule has 130 valence electrons. The highest BCUT2D eigenvalue weighted by molar-refractivity contribution is 7.12. The Labute approximate surface area is 147 Å². The minimum atomic E-state index is -0.488. The molecule has 1 unspecified atom stereocenters. The summed E-state index contributed by atoms with van der Waals surface area (Å²) in [4.78, 5) is 31.7. The molecule has 0 aliphatic heterocycles. The average molecular weight is 358 g/mol. The van der Waals surface area contributed by atoms with Crippen LogP contribution in [0.2, 0.25) is 0 Å². The molecule has 0 bridgehead atoms. The molecule has 2 N–H and O–H groups in total. The summed E-state index contributed by atoms with van der Waals surface area (Å²) in [7, 11) is 0. The Morgan fingerprint density at radius 3 is 2.80 bits per heavy atom. The standard InChI is InChI=1S/C17H18N4O3S/c1-4-15-9(2)5-16(25-15)10(3)20-13-7-12-11(6-14(13)21(23)24)17(22)19-8-18-12/h5-8,10,20H,4H2,1-3H3,(H,18,19,22). The number of hydrogen-bond donors (Lipinski definition) is 2. The SMILES string of the molecule is CCc1sc(C(C)Nc2cc3nc[nH]c(=O)c3cc2[N+](=O)[O-])cc1C. The molecule has 1 aromatic carbocycles. The first-order chi connectivity index (χ1) is 11.9. The van der Waals surface area contributed by atoms with E-state index < -0.39 is 10.5 Å². The van der Waals surface area contributed by atoms with Gasteiger partial charge in [-0.1, -0.05) is 6.92 Å². The van der Waals surface area contributed by atoms with Gasteiger partial charge in [0.25, 0.3) is 11.2 Å². The van der Waals surface area contributed by atoms with Crippen molar-refractivity contribution in [3.63, 3.8) is 0 Å². The van der Waals surface area contributed by atoms with Gasteiger partial charge in [0.15, 0.2) is 0 Å². The van der Waals surface area contributed by atoms with Gasteiger partial charge in [-0.3, -0.25) is 14.9 Å². The maximum atomic E-state index is 11.8. The molecule has 2 heterocycles. The van der Waals surface area contributed by atoms with Gasteiger partial charge in [0.2, 0.25) is 0 Å². The fraction of sp³-hybridized carbons (Fsp3) is 0.294. The Kier molecular flexibility index (Phi) is 4.54. The highest BCUT2D eigenvalue weighted by Gasteiger charge is 2.20. The number of aryl methyl sites for hydroxylation is 2. The lowest BCUT2D eigenvalue weighted by atomic mass is 10.1. The zero-order chi connectivity index (χ0) is 18.1. The third-order valence-electron chi connectivity index (χ3n) is 4.11. The van der Waals surface area contributed by atoms with Crippen molar-refractivity contribution in [1.82, 2.24) is 9.97 Å². The highest BCUT2D eigenvalue weighted by atomic mass is 32.1. The number of nitro benzene ring substituents is 1. The topological polar surface area (TPSA) is 101 Å². The molecular formula is C17H18N4O3S. The monoisotopic (exact) mass is 358 g/mol. The van der Waals surface area contributed by atoms with Crippen LogP contribution in [-0.2, 0) is 6.42 Å². The summed E-state index contributed by atoms with van der Waals surface area (Å²) in [6, 6.07) is 4.84. The summed E-state index contributed by atoms with van der Waals surface area (Å²) >= 11 is 1.70. The molecule has 25 heavy (non-hydrogen) atoms. The Bertz CT molecular complexity index is 1010. The van der Waals surface area contributed by atoms with Gasteiger partial charge in [-0.25, -0.2) is 4.98 Å². The van der Waals surface area contributed by atoms with E-state index in [0.717, 1.165) is 11.3 Å². The highest BCUT2D eigenvalue weighted by Crippen LogP contribution is 2.34. The third kappa shape index (κ3) is 3.25. The first-order valence-corrected chi connectivity index (χ1v) is 8.74. The fourth-order valence-electron chi connectivity index (χ4n) is 2.79. The van der Waals surface area contributed by atoms with Gasteiger partial charge in [0.05, 0.1) is 28.2 Å². The maximum Gasteiger partial charge on any atom is 0.293 e. The Morgan fingerprint density at radius 1 is 1.40 bits per heavy atom. The number of benzene rings is 1. The molecule has 2 aromatic heterocycles. The van der Waals surface area contributed by atoms with E-state index in [1.165, 1.54) is 22.8 Å². The number of H-pyrrole nitrogens is 1. The largest absolute Gasteiger partial charge is 0.372 e. The van der Waals surface area contributed by atoms with Crippen molar-refractivity contribution in [1.29, 1.82) is 0 Å². The van der Waals surface area contributed by atoms with Crippen molar-refractivity contribution < 1.29 is 4.92 Å². The molecule has 0 saturated heterocycles. The number of fused-ring (bicyclic) bond motifs is 1. The smallest absolute Gasteiger partial charge is 0.293 e. The second-order valence-corrected chi connectivity index (χ2v) is 7.02. The molecule has 3 rings (SSSR count). The van der Waals surface area contributed by atoms with Gasteiger partial charge in [0.1, 0.15) is 5.69 Å². The Hall–Kier alpha value is -2.74. The third-order valence-corrected chi connectivity index (χ3v) is 5.68. The van der Waals surface area contributed by atoms with E-state index in [1.54, 1.807) is 17.4 Å². The molecule has 0 saturated carbocycles. The number of aromatic amines is 1. The molecule has 3 aromatic rings. The second-order valence-electron chi connectivity index (χ2n) is 5.85. The molecule has 0 fully saturated rings. The van der Waals surface area contributed by atoms with Crippen LogP contribution >= 0.6 is 11.3 Å². The lowest BCUT2D eigenvalue weighted by Gasteiger charge is -2.14. The van der Waals surface area contributed by atoms with E-state index in [0.29, 0.717) is 11.2 Å². The first-order valence-electron chi connectivity index (χ1n) is 7.92. The van der Waals surface area contributed by atoms with Gasteiger partial charge < -0.3 is 10.3 Å². The number of aromatic nitrogens is 2. The van der Waals surface area contributed by atoms with Crippen molar-refractivity contribution in [2.75, 3.05) is 5.32 Å². The summed E-state index contributed by atoms with van der Waals surface area (Å²) in [5.74, 6) is 0. The summed E-state index contributed by atoms with van der Waals surface area (Å²) in [6.45, 7) is 6.14. The van der Waals surface area contributed by atoms with E-state index in [9.17, 15) is 14.9 Å². The van der Waals surface area contributed by atoms with Gasteiger partial charge in [-0.2, -0.15) is 0 Å². The number of thiophene rings is 1. The van der Waals surface area contributed by atoms with Crippen molar-refractivity contribution in [2.24, 2.45) is 0 Å². The zero-order valence-corrected chi connectivity index (χ0v) is 14.9. The maximum absolute atomic E-state index is 11.8. The number of nitrogens with zero attached hydrogens (tertiary/aromatic N) is 2. The lowest BCUT2D eigenvalue weighted by Crippen LogP contribution is -2.10. The number of anilines is 1. The normalized spacial score (nSPS) is 12.3. The summed E-state index contributed by atoms with van der Waals surface area (Å²) in [5.41, 5.74) is 1.47. The molecule has 0 spiro atoms. The van der Waals surface area contributed by atoms with Crippen LogP contribution in [0, 0.1) is 17.0 Å². The molecule has 0 amide bonds. The predicted octanol–water partition coefficient (Wildman–Crippen LogP) is 3.94. The van der Waals surface area contributed by atoms with Crippen LogP contribution in [0.1, 0.15) is 35.2 Å². The molecule has 1 atom stereocenters. The molecule has 0 aliphatic rings. The summed E-state index contributed by atoms with van der Waals surface area (Å²) in [5, 5.41) is 14.8. The molecule has 0 aliphatic carbocycles. The number of rotatable bonds is 5. The number of nitrogens with one attached hydrogen (secondary N) is 2. The van der Waals surface area contributed by atoms with Crippen LogP contribution in [0.3, 0.4) is 0 Å². The minimum Gasteiger partial charge on any atom is -0.372 e. The number of hydrogen-bond acceptors (Lipinski definition) is 6. The van der Waals surface area contributed by atoms with Crippen LogP contribution < -0.4 is 10.9 Å². The van der Waals surface area contributed by atoms with E-state index in [4.69, 9.17) is 0 Å². The molecule has 0 radical (unpaired) electrons. The van der Waals surface area contributed by atoms with Crippen molar-refractivity contribution >= 4 is 33.6 Å². The average Bonchev–Trinajstić information content (AvgIpc) is 2.95. The Balaban J connectivity index is 2.03. The quantitative estimate of drug-likeness (QED) is 0.531. The first kappa shape index (κ1) is 17.1. The van der Waals surface area contributed by atoms with Crippen molar-refractivity contribution in [3.05, 3.63) is 60.3 Å². The van der Waals surface area contributed by atoms with Gasteiger partial charge >= 0.3 is 0 Å². The van der Waals surface area contributed by atoms with Crippen LogP contribution in [0.5, 0.6) is 0 Å². The lowest BCUT2D eigenvalue weighted by molar-refractivity contribution is -0.383. The zero-order valence-electron chi connectivity index (χ0n) is 14.1. The van der Waals surface area contributed by atoms with Crippen LogP contribution in [0.15, 0.2) is 29.3 Å². The fourth-order valence-corrected chi connectivity index (χ4v) is 3.91.